The van der Waals surface area contributed by atoms with Crippen molar-refractivity contribution < 1.29 is 14.4 Å². The maximum absolute atomic E-state index is 10.2. The van der Waals surface area contributed by atoms with Crippen molar-refractivity contribution in [1.82, 2.24) is 0 Å². The van der Waals surface area contributed by atoms with Crippen LogP contribution in [0.5, 0.6) is 0 Å². The van der Waals surface area contributed by atoms with Gasteiger partial charge < -0.3 is 14.4 Å². The van der Waals surface area contributed by atoms with Crippen LogP contribution in [0.15, 0.2) is 24.3 Å². The highest BCUT2D eigenvalue weighted by Gasteiger charge is 1.90. The third-order valence-electron chi connectivity index (χ3n) is 1.08. The molecule has 0 radical (unpaired) electrons. The van der Waals surface area contributed by atoms with Crippen molar-refractivity contribution in [2.24, 2.45) is 0 Å². The molecule has 0 amide bonds. The second-order valence-electron chi connectivity index (χ2n) is 4.48. The van der Waals surface area contributed by atoms with E-state index in [1.807, 2.05) is 0 Å². The number of carboxylic acid groups (broad SMARTS) is 1. The average molecular weight is 321 g/mol. The molecule has 0 fully saturated rings. The third kappa shape index (κ3) is 9.68. The van der Waals surface area contributed by atoms with Gasteiger partial charge in [0, 0.05) is 3.57 Å². The maximum Gasteiger partial charge on any atom is 0.0715 e. The highest BCUT2D eigenvalue weighted by atomic mass is 127. The summed E-state index contributed by atoms with van der Waals surface area (Å²) in [4.78, 5) is 10.2. The standard InChI is InChI=1S/C7H5IO2.C4H12N/c8-6-3-1-5(2-4-6)7(9)10;1-5(2,3)4/h1-4H,(H,9,10);1-4H3/q;+1/p-1. The van der Waals surface area contributed by atoms with Gasteiger partial charge in [-0.3, -0.25) is 0 Å². The number of nitrogens with zero attached hydrogens (tertiary/aromatic N) is 1. The number of halogens is 1. The molecule has 3 nitrogen and oxygen atoms in total. The normalized spacial score (nSPS) is 10.2. The first-order valence-corrected chi connectivity index (χ1v) is 5.54. The van der Waals surface area contributed by atoms with E-state index < -0.39 is 5.97 Å². The molecule has 0 unspecified atom stereocenters. The molecular weight excluding hydrogens is 305 g/mol. The first kappa shape index (κ1) is 14.4. The van der Waals surface area contributed by atoms with Crippen molar-refractivity contribution in [3.63, 3.8) is 0 Å². The number of quaternary nitrogens is 1. The van der Waals surface area contributed by atoms with Crippen LogP contribution in [0.2, 0.25) is 0 Å². The third-order valence-corrected chi connectivity index (χ3v) is 1.80. The summed E-state index contributed by atoms with van der Waals surface area (Å²) in [6.07, 6.45) is 0. The zero-order valence-corrected chi connectivity index (χ0v) is 11.6. The van der Waals surface area contributed by atoms with E-state index in [9.17, 15) is 9.90 Å². The Morgan fingerprint density at radius 1 is 1.13 bits per heavy atom. The Morgan fingerprint density at radius 3 is 1.73 bits per heavy atom. The van der Waals surface area contributed by atoms with Crippen LogP contribution in [0.25, 0.3) is 0 Å². The number of hydrogen-bond acceptors (Lipinski definition) is 2. The Kier molecular flexibility index (Phi) is 5.82. The molecule has 1 aromatic carbocycles. The van der Waals surface area contributed by atoms with Crippen LogP contribution in [-0.4, -0.2) is 38.6 Å². The van der Waals surface area contributed by atoms with E-state index in [1.165, 1.54) is 12.1 Å². The second kappa shape index (κ2) is 6.07. The molecule has 0 saturated carbocycles. The molecule has 84 valence electrons. The van der Waals surface area contributed by atoms with Gasteiger partial charge in [0.1, 0.15) is 0 Å². The molecule has 0 aromatic heterocycles. The monoisotopic (exact) mass is 321 g/mol. The highest BCUT2D eigenvalue weighted by molar-refractivity contribution is 14.1. The molecule has 0 aliphatic heterocycles. The lowest BCUT2D eigenvalue weighted by atomic mass is 10.2. The van der Waals surface area contributed by atoms with E-state index in [0.717, 1.165) is 8.05 Å². The topological polar surface area (TPSA) is 40.1 Å². The Morgan fingerprint density at radius 2 is 1.47 bits per heavy atom. The van der Waals surface area contributed by atoms with E-state index in [4.69, 9.17) is 0 Å². The van der Waals surface area contributed by atoms with Crippen LogP contribution < -0.4 is 5.11 Å². The lowest BCUT2D eigenvalue weighted by Crippen LogP contribution is -2.27. The summed E-state index contributed by atoms with van der Waals surface area (Å²) >= 11 is 2.11. The van der Waals surface area contributed by atoms with Gasteiger partial charge in [0.05, 0.1) is 34.2 Å². The van der Waals surface area contributed by atoms with Gasteiger partial charge in [-0.2, -0.15) is 0 Å². The number of carbonyl (C=O) groups excluding carboxylic acids is 1. The summed E-state index contributed by atoms with van der Waals surface area (Å²) in [5.74, 6) is -1.13. The van der Waals surface area contributed by atoms with Gasteiger partial charge >= 0.3 is 0 Å². The Labute approximate surface area is 104 Å². The van der Waals surface area contributed by atoms with Crippen molar-refractivity contribution >= 4 is 28.6 Å². The molecule has 1 aromatic rings. The van der Waals surface area contributed by atoms with E-state index in [1.54, 1.807) is 12.1 Å². The molecule has 15 heavy (non-hydrogen) atoms. The molecule has 1 rings (SSSR count). The first-order valence-electron chi connectivity index (χ1n) is 4.46. The molecule has 0 spiro atoms. The van der Waals surface area contributed by atoms with Gasteiger partial charge in [-0.15, -0.1) is 0 Å². The quantitative estimate of drug-likeness (QED) is 0.571. The molecule has 0 aliphatic rings. The Bertz CT molecular complexity index is 308. The van der Waals surface area contributed by atoms with Gasteiger partial charge in [0.15, 0.2) is 0 Å². The molecule has 0 N–H and O–H groups in total. The smallest absolute Gasteiger partial charge is 0.0715 e. The van der Waals surface area contributed by atoms with Crippen LogP contribution in [0.4, 0.5) is 0 Å². The molecule has 0 atom stereocenters. The van der Waals surface area contributed by atoms with Gasteiger partial charge in [0.25, 0.3) is 0 Å². The number of rotatable bonds is 1. The van der Waals surface area contributed by atoms with Crippen molar-refractivity contribution in [1.29, 1.82) is 0 Å². The van der Waals surface area contributed by atoms with Crippen molar-refractivity contribution in [2.75, 3.05) is 28.2 Å². The fraction of sp³-hybridized carbons (Fsp3) is 0.364. The minimum atomic E-state index is -1.13. The number of carbonyl (C=O) groups is 1. The number of hydrogen-bond donors (Lipinski definition) is 0. The van der Waals surface area contributed by atoms with E-state index >= 15 is 0 Å². The zero-order chi connectivity index (χ0) is 12.1. The minimum Gasteiger partial charge on any atom is -0.545 e. The number of carboxylic acids is 1. The van der Waals surface area contributed by atoms with Crippen molar-refractivity contribution in [2.45, 2.75) is 0 Å². The summed E-state index contributed by atoms with van der Waals surface area (Å²) in [6.45, 7) is 0. The second-order valence-corrected chi connectivity index (χ2v) is 5.72. The molecule has 0 aliphatic carbocycles. The summed E-state index contributed by atoms with van der Waals surface area (Å²) in [7, 11) is 8.50. The molecule has 0 saturated heterocycles. The SMILES string of the molecule is C[N+](C)(C)C.O=C([O-])c1ccc(I)cc1. The first-order chi connectivity index (χ1) is 6.70. The van der Waals surface area contributed by atoms with Gasteiger partial charge in [-0.25, -0.2) is 0 Å². The predicted molar refractivity (Wildman–Crippen MR) is 67.4 cm³/mol. The van der Waals surface area contributed by atoms with Crippen LogP contribution in [0.1, 0.15) is 10.4 Å². The van der Waals surface area contributed by atoms with Crippen molar-refractivity contribution in [3.05, 3.63) is 33.4 Å². The van der Waals surface area contributed by atoms with Crippen LogP contribution in [-0.2, 0) is 0 Å². The fourth-order valence-corrected chi connectivity index (χ4v) is 0.946. The van der Waals surface area contributed by atoms with Gasteiger partial charge in [-0.1, -0.05) is 12.1 Å². The molecule has 4 heteroatoms. The summed E-state index contributed by atoms with van der Waals surface area (Å²) in [5, 5.41) is 10.2. The number of benzene rings is 1. The van der Waals surface area contributed by atoms with E-state index in [2.05, 4.69) is 50.8 Å². The van der Waals surface area contributed by atoms with Crippen molar-refractivity contribution in [3.8, 4) is 0 Å². The molecular formula is C11H16INO2. The lowest BCUT2D eigenvalue weighted by Gasteiger charge is -2.14. The fourth-order valence-electron chi connectivity index (χ4n) is 0.586. The minimum absolute atomic E-state index is 0.223. The molecule has 0 heterocycles. The Balaban J connectivity index is 0.000000336. The van der Waals surface area contributed by atoms with Crippen LogP contribution in [0.3, 0.4) is 0 Å². The maximum atomic E-state index is 10.2. The summed E-state index contributed by atoms with van der Waals surface area (Å²) < 4.78 is 2.02. The predicted octanol–water partition coefficient (Wildman–Crippen LogP) is 0.977. The largest absolute Gasteiger partial charge is 0.545 e. The van der Waals surface area contributed by atoms with E-state index in [0.29, 0.717) is 0 Å². The van der Waals surface area contributed by atoms with Crippen LogP contribution in [0, 0.1) is 3.57 Å². The van der Waals surface area contributed by atoms with E-state index in [-0.39, 0.29) is 5.56 Å². The molecule has 0 bridgehead atoms. The summed E-state index contributed by atoms with van der Waals surface area (Å²) in [5.41, 5.74) is 0.223. The lowest BCUT2D eigenvalue weighted by molar-refractivity contribution is -0.849. The van der Waals surface area contributed by atoms with Gasteiger partial charge in [-0.05, 0) is 40.3 Å². The average Bonchev–Trinajstić information content (AvgIpc) is 2.01. The highest BCUT2D eigenvalue weighted by Crippen LogP contribution is 2.05. The van der Waals surface area contributed by atoms with Gasteiger partial charge in [0.2, 0.25) is 0 Å². The zero-order valence-electron chi connectivity index (χ0n) is 9.45. The summed E-state index contributed by atoms with van der Waals surface area (Å²) in [6, 6.07) is 6.51. The Hall–Kier alpha value is -0.620. The number of aromatic carboxylic acids is 1. The van der Waals surface area contributed by atoms with Crippen LogP contribution >= 0.6 is 22.6 Å².